The molecule has 0 fully saturated rings. The minimum absolute atomic E-state index is 0.0426. The molecule has 0 aliphatic carbocycles. The van der Waals surface area contributed by atoms with Gasteiger partial charge in [-0.1, -0.05) is 0 Å². The Labute approximate surface area is 136 Å². The van der Waals surface area contributed by atoms with E-state index in [1.165, 1.54) is 19.4 Å². The maximum Gasteiger partial charge on any atom is 0.255 e. The average molecular weight is 335 g/mol. The highest BCUT2D eigenvalue weighted by Gasteiger charge is 2.07. The van der Waals surface area contributed by atoms with Gasteiger partial charge in [0.2, 0.25) is 0 Å². The number of hydrogen-bond acceptors (Lipinski definition) is 5. The summed E-state index contributed by atoms with van der Waals surface area (Å²) >= 11 is 0. The van der Waals surface area contributed by atoms with Crippen molar-refractivity contribution in [1.29, 1.82) is 0 Å². The van der Waals surface area contributed by atoms with Crippen LogP contribution >= 0.6 is 0 Å². The molecule has 0 aromatic heterocycles. The molecule has 0 bridgehead atoms. The first-order chi connectivity index (χ1) is 11.5. The highest BCUT2D eigenvalue weighted by molar-refractivity contribution is 5.81. The molecular weight excluding hydrogens is 320 g/mol. The van der Waals surface area contributed by atoms with Crippen LogP contribution in [0, 0.1) is 11.6 Å². The van der Waals surface area contributed by atoms with Gasteiger partial charge in [0, 0.05) is 6.07 Å². The Morgan fingerprint density at radius 2 is 2.04 bits per heavy atom. The van der Waals surface area contributed by atoms with Gasteiger partial charge in [-0.05, 0) is 35.9 Å². The number of halogens is 2. The van der Waals surface area contributed by atoms with Crippen LogP contribution < -0.4 is 20.6 Å². The fraction of sp³-hybridized carbons (Fsp3) is 0.125. The number of nitrogens with one attached hydrogen (secondary N) is 1. The van der Waals surface area contributed by atoms with Gasteiger partial charge in [0.15, 0.2) is 23.9 Å². The van der Waals surface area contributed by atoms with Crippen LogP contribution in [0.2, 0.25) is 0 Å². The van der Waals surface area contributed by atoms with Gasteiger partial charge in [-0.25, -0.2) is 8.78 Å². The van der Waals surface area contributed by atoms with Crippen molar-refractivity contribution in [2.75, 3.05) is 19.1 Å². The molecule has 0 radical (unpaired) electrons. The fourth-order valence-electron chi connectivity index (χ4n) is 1.79. The van der Waals surface area contributed by atoms with E-state index in [0.29, 0.717) is 17.1 Å². The number of carbonyl (C=O) groups excluding carboxylic acids is 1. The van der Waals surface area contributed by atoms with Crippen molar-refractivity contribution < 1.29 is 23.0 Å². The zero-order valence-electron chi connectivity index (χ0n) is 12.8. The van der Waals surface area contributed by atoms with E-state index in [1.807, 2.05) is 0 Å². The van der Waals surface area contributed by atoms with E-state index in [4.69, 9.17) is 15.2 Å². The molecule has 6 nitrogen and oxygen atoms in total. The lowest BCUT2D eigenvalue weighted by Gasteiger charge is -2.09. The van der Waals surface area contributed by atoms with E-state index in [-0.39, 0.29) is 12.3 Å². The third-order valence-electron chi connectivity index (χ3n) is 2.89. The van der Waals surface area contributed by atoms with Crippen molar-refractivity contribution in [2.45, 2.75) is 0 Å². The van der Waals surface area contributed by atoms with Crippen molar-refractivity contribution >= 4 is 17.8 Å². The van der Waals surface area contributed by atoms with E-state index in [9.17, 15) is 13.6 Å². The number of hydrogen-bond donors (Lipinski definition) is 2. The molecule has 24 heavy (non-hydrogen) atoms. The van der Waals surface area contributed by atoms with Crippen LogP contribution in [-0.4, -0.2) is 25.8 Å². The van der Waals surface area contributed by atoms with Crippen molar-refractivity contribution in [3.8, 4) is 11.5 Å². The number of amides is 1. The molecule has 2 rings (SSSR count). The zero-order chi connectivity index (χ0) is 17.5. The predicted molar refractivity (Wildman–Crippen MR) is 85.3 cm³/mol. The van der Waals surface area contributed by atoms with E-state index >= 15 is 0 Å². The number of hydrazone groups is 1. The Balaban J connectivity index is 2.07. The van der Waals surface area contributed by atoms with E-state index in [0.717, 1.165) is 12.1 Å². The summed E-state index contributed by atoms with van der Waals surface area (Å²) in [5, 5.41) is 3.87. The standard InChI is InChI=1S/C16H15F2N3O3/c1-23-15-6-10(2-5-14(15)24-9-16(19)22)8-20-21-13-4-3-11(17)7-12(13)18/h2-8,21H,9H2,1H3,(H2,19,22)/b20-8-. The highest BCUT2D eigenvalue weighted by Crippen LogP contribution is 2.27. The lowest BCUT2D eigenvalue weighted by Crippen LogP contribution is -2.20. The minimum atomic E-state index is -0.750. The molecule has 2 aromatic rings. The van der Waals surface area contributed by atoms with Crippen molar-refractivity contribution in [3.63, 3.8) is 0 Å². The molecule has 0 unspecified atom stereocenters. The van der Waals surface area contributed by atoms with E-state index in [1.54, 1.807) is 18.2 Å². The Morgan fingerprint density at radius 3 is 2.71 bits per heavy atom. The Kier molecular flexibility index (Phi) is 5.67. The van der Waals surface area contributed by atoms with Crippen molar-refractivity contribution in [1.82, 2.24) is 0 Å². The number of ether oxygens (including phenoxy) is 2. The highest BCUT2D eigenvalue weighted by atomic mass is 19.1. The van der Waals surface area contributed by atoms with Crippen molar-refractivity contribution in [3.05, 3.63) is 53.6 Å². The fourth-order valence-corrected chi connectivity index (χ4v) is 1.79. The molecule has 0 aliphatic rings. The number of rotatable bonds is 7. The summed E-state index contributed by atoms with van der Waals surface area (Å²) in [4.78, 5) is 10.7. The topological polar surface area (TPSA) is 85.9 Å². The molecule has 126 valence electrons. The second kappa shape index (κ2) is 7.91. The summed E-state index contributed by atoms with van der Waals surface area (Å²) in [7, 11) is 1.44. The number of carbonyl (C=O) groups is 1. The molecule has 1 amide bonds. The summed E-state index contributed by atoms with van der Waals surface area (Å²) in [6, 6.07) is 7.97. The van der Waals surface area contributed by atoms with Crippen LogP contribution in [0.15, 0.2) is 41.5 Å². The number of primary amides is 1. The summed E-state index contributed by atoms with van der Waals surface area (Å²) in [6.07, 6.45) is 1.42. The SMILES string of the molecule is COc1cc(/C=N\Nc2ccc(F)cc2F)ccc1OCC(N)=O. The lowest BCUT2D eigenvalue weighted by molar-refractivity contribution is -0.119. The van der Waals surface area contributed by atoms with Crippen LogP contribution in [0.25, 0.3) is 0 Å². The average Bonchev–Trinajstić information content (AvgIpc) is 2.55. The second-order valence-electron chi connectivity index (χ2n) is 4.66. The maximum absolute atomic E-state index is 13.4. The molecule has 0 atom stereocenters. The smallest absolute Gasteiger partial charge is 0.255 e. The van der Waals surface area contributed by atoms with Gasteiger partial charge in [-0.2, -0.15) is 5.10 Å². The first-order valence-corrected chi connectivity index (χ1v) is 6.83. The summed E-state index contributed by atoms with van der Waals surface area (Å²) in [5.74, 6) is -1.29. The number of nitrogens with zero attached hydrogens (tertiary/aromatic N) is 1. The van der Waals surface area contributed by atoms with E-state index < -0.39 is 17.5 Å². The van der Waals surface area contributed by atoms with Gasteiger partial charge in [0.05, 0.1) is 19.0 Å². The number of anilines is 1. The van der Waals surface area contributed by atoms with Crippen LogP contribution in [0.3, 0.4) is 0 Å². The third kappa shape index (κ3) is 4.67. The van der Waals surface area contributed by atoms with Gasteiger partial charge < -0.3 is 15.2 Å². The molecule has 0 aliphatic heterocycles. The van der Waals surface area contributed by atoms with Crippen LogP contribution in [0.5, 0.6) is 11.5 Å². The number of nitrogens with two attached hydrogens (primary N) is 1. The molecule has 0 spiro atoms. The maximum atomic E-state index is 13.4. The third-order valence-corrected chi connectivity index (χ3v) is 2.89. The normalized spacial score (nSPS) is 10.6. The lowest BCUT2D eigenvalue weighted by atomic mass is 10.2. The molecule has 8 heteroatoms. The van der Waals surface area contributed by atoms with Crippen molar-refractivity contribution in [2.24, 2.45) is 10.8 Å². The molecule has 2 aromatic carbocycles. The van der Waals surface area contributed by atoms with E-state index in [2.05, 4.69) is 10.5 Å². The van der Waals surface area contributed by atoms with Crippen LogP contribution in [0.1, 0.15) is 5.56 Å². The zero-order valence-corrected chi connectivity index (χ0v) is 12.8. The number of methoxy groups -OCH3 is 1. The number of benzene rings is 2. The van der Waals surface area contributed by atoms with Gasteiger partial charge in [-0.3, -0.25) is 10.2 Å². The van der Waals surface area contributed by atoms with Crippen LogP contribution in [-0.2, 0) is 4.79 Å². The Morgan fingerprint density at radius 1 is 1.25 bits per heavy atom. The van der Waals surface area contributed by atoms with Gasteiger partial charge in [-0.15, -0.1) is 0 Å². The minimum Gasteiger partial charge on any atom is -0.493 e. The monoisotopic (exact) mass is 335 g/mol. The quantitative estimate of drug-likeness (QED) is 0.600. The van der Waals surface area contributed by atoms with Gasteiger partial charge >= 0.3 is 0 Å². The first-order valence-electron chi connectivity index (χ1n) is 6.83. The van der Waals surface area contributed by atoms with Crippen LogP contribution in [0.4, 0.5) is 14.5 Å². The summed E-state index contributed by atoms with van der Waals surface area (Å²) < 4.78 is 36.6. The summed E-state index contributed by atoms with van der Waals surface area (Å²) in [6.45, 7) is -0.269. The molecule has 0 heterocycles. The van der Waals surface area contributed by atoms with Gasteiger partial charge in [0.1, 0.15) is 5.82 Å². The first kappa shape index (κ1) is 17.2. The molecule has 3 N–H and O–H groups in total. The predicted octanol–water partition coefficient (Wildman–Crippen LogP) is 2.28. The Bertz CT molecular complexity index is 766. The second-order valence-corrected chi connectivity index (χ2v) is 4.66. The Hall–Kier alpha value is -3.16. The molecular formula is C16H15F2N3O3. The van der Waals surface area contributed by atoms with Gasteiger partial charge in [0.25, 0.3) is 5.91 Å². The largest absolute Gasteiger partial charge is 0.493 e. The summed E-state index contributed by atoms with van der Waals surface area (Å²) in [5.41, 5.74) is 8.17. The molecule has 0 saturated heterocycles. The molecule has 0 saturated carbocycles.